The quantitative estimate of drug-likeness (QED) is 0.278. The molecule has 1 atom stereocenters. The zero-order valence-electron chi connectivity index (χ0n) is 20.5. The molecule has 0 aliphatic carbocycles. The molecular weight excluding hydrogens is 478 g/mol. The molecule has 9 nitrogen and oxygen atoms in total. The number of nitrogens with one attached hydrogen (secondary N) is 1. The molecule has 3 aromatic rings. The average Bonchev–Trinajstić information content (AvgIpc) is 3.37. The first-order chi connectivity index (χ1) is 18.0. The van der Waals surface area contributed by atoms with Crippen LogP contribution in [0.15, 0.2) is 84.9 Å². The highest BCUT2D eigenvalue weighted by atomic mass is 16.7. The van der Waals surface area contributed by atoms with Crippen molar-refractivity contribution in [3.63, 3.8) is 0 Å². The smallest absolute Gasteiger partial charge is 0.414 e. The topological polar surface area (TPSA) is 124 Å². The maximum atomic E-state index is 9.10. The van der Waals surface area contributed by atoms with Gasteiger partial charge in [0.05, 0.1) is 19.8 Å². The Morgan fingerprint density at radius 2 is 1.41 bits per heavy atom. The number of carboxylic acid groups (broad SMARTS) is 2. The van der Waals surface area contributed by atoms with Crippen molar-refractivity contribution in [2.24, 2.45) is 0 Å². The second kappa shape index (κ2) is 14.0. The van der Waals surface area contributed by atoms with Crippen LogP contribution < -0.4 is 14.8 Å². The van der Waals surface area contributed by atoms with E-state index in [0.29, 0.717) is 13.2 Å². The second-order valence-corrected chi connectivity index (χ2v) is 8.05. The zero-order chi connectivity index (χ0) is 26.5. The number of methoxy groups -OCH3 is 1. The molecule has 0 spiro atoms. The third-order valence-corrected chi connectivity index (χ3v) is 5.54. The lowest BCUT2D eigenvalue weighted by Gasteiger charge is -2.29. The van der Waals surface area contributed by atoms with Gasteiger partial charge in [-0.1, -0.05) is 72.8 Å². The number of ether oxygens (including phenoxy) is 4. The van der Waals surface area contributed by atoms with Crippen molar-refractivity contribution in [3.8, 4) is 11.5 Å². The molecule has 3 aromatic carbocycles. The van der Waals surface area contributed by atoms with Crippen LogP contribution in [0.3, 0.4) is 0 Å². The number of hydrogen-bond donors (Lipinski definition) is 3. The molecule has 1 saturated heterocycles. The third-order valence-electron chi connectivity index (χ3n) is 5.54. The zero-order valence-corrected chi connectivity index (χ0v) is 20.5. The normalized spacial score (nSPS) is 15.8. The van der Waals surface area contributed by atoms with Crippen LogP contribution in [0.25, 0.3) is 0 Å². The summed E-state index contributed by atoms with van der Waals surface area (Å²) >= 11 is 0. The summed E-state index contributed by atoms with van der Waals surface area (Å²) in [5.74, 6) is -2.99. The second-order valence-electron chi connectivity index (χ2n) is 8.05. The van der Waals surface area contributed by atoms with Crippen molar-refractivity contribution >= 4 is 11.9 Å². The first kappa shape index (κ1) is 27.7. The molecule has 1 heterocycles. The number of carbonyl (C=O) groups is 2. The Morgan fingerprint density at radius 3 is 1.95 bits per heavy atom. The fraction of sp³-hybridized carbons (Fsp3) is 0.286. The Balaban J connectivity index is 0.000000568. The molecule has 0 aromatic heterocycles. The predicted molar refractivity (Wildman–Crippen MR) is 136 cm³/mol. The number of aliphatic carboxylic acids is 2. The highest BCUT2D eigenvalue weighted by Gasteiger charge is 2.44. The molecule has 196 valence electrons. The van der Waals surface area contributed by atoms with Gasteiger partial charge in [-0.2, -0.15) is 0 Å². The van der Waals surface area contributed by atoms with E-state index in [0.717, 1.165) is 42.1 Å². The first-order valence-electron chi connectivity index (χ1n) is 11.8. The van der Waals surface area contributed by atoms with Crippen LogP contribution in [0.5, 0.6) is 11.5 Å². The lowest BCUT2D eigenvalue weighted by molar-refractivity contribution is -0.159. The van der Waals surface area contributed by atoms with Crippen LogP contribution in [-0.4, -0.2) is 61.7 Å². The van der Waals surface area contributed by atoms with E-state index in [1.807, 2.05) is 60.7 Å². The molecule has 9 heteroatoms. The minimum atomic E-state index is -1.82. The van der Waals surface area contributed by atoms with Crippen molar-refractivity contribution in [2.75, 3.05) is 33.4 Å². The summed E-state index contributed by atoms with van der Waals surface area (Å²) in [5.41, 5.74) is 2.03. The van der Waals surface area contributed by atoms with E-state index in [-0.39, 0.29) is 6.10 Å². The van der Waals surface area contributed by atoms with Crippen LogP contribution in [-0.2, 0) is 24.8 Å². The van der Waals surface area contributed by atoms with Gasteiger partial charge in [0.2, 0.25) is 5.79 Å². The summed E-state index contributed by atoms with van der Waals surface area (Å²) in [7, 11) is 1.65. The van der Waals surface area contributed by atoms with Gasteiger partial charge >= 0.3 is 11.9 Å². The Labute approximate surface area is 215 Å². The molecule has 0 saturated carbocycles. The van der Waals surface area contributed by atoms with Crippen molar-refractivity contribution in [1.29, 1.82) is 0 Å². The molecular formula is C28H31NO8. The first-order valence-corrected chi connectivity index (χ1v) is 11.8. The maximum absolute atomic E-state index is 9.10. The molecule has 0 bridgehead atoms. The molecule has 1 aliphatic heterocycles. The number of hydrogen-bond acceptors (Lipinski definition) is 7. The Kier molecular flexibility index (Phi) is 10.5. The molecule has 37 heavy (non-hydrogen) atoms. The van der Waals surface area contributed by atoms with Crippen LogP contribution in [0.1, 0.15) is 17.5 Å². The monoisotopic (exact) mass is 509 g/mol. The number of benzene rings is 3. The van der Waals surface area contributed by atoms with E-state index < -0.39 is 17.7 Å². The molecule has 4 rings (SSSR count). The lowest BCUT2D eigenvalue weighted by atomic mass is 9.97. The van der Waals surface area contributed by atoms with Crippen molar-refractivity contribution < 1.29 is 38.7 Å². The summed E-state index contributed by atoms with van der Waals surface area (Å²) in [6.07, 6.45) is 0.874. The van der Waals surface area contributed by atoms with E-state index in [9.17, 15) is 0 Å². The van der Waals surface area contributed by atoms with Crippen LogP contribution >= 0.6 is 0 Å². The maximum Gasteiger partial charge on any atom is 0.414 e. The standard InChI is InChI=1S/C26H29NO4.C2H2O4/c1-28-24-14-8-9-15-25(24)29-19-18-27-17-16-23-20-30-26(31-23,21-10-4-2-5-11-21)22-12-6-3-7-13-22;3-1(4)2(5)6/h2-15,23,27H,16-20H2,1H3;(H,3,4)(H,5,6). The minimum Gasteiger partial charge on any atom is -0.493 e. The Bertz CT molecular complexity index is 1070. The van der Waals surface area contributed by atoms with Gasteiger partial charge in [0.15, 0.2) is 11.5 Å². The third kappa shape index (κ3) is 7.78. The molecule has 0 radical (unpaired) electrons. The van der Waals surface area contributed by atoms with Crippen LogP contribution in [0.4, 0.5) is 0 Å². The summed E-state index contributed by atoms with van der Waals surface area (Å²) in [4.78, 5) is 18.2. The van der Waals surface area contributed by atoms with Gasteiger partial charge < -0.3 is 34.5 Å². The van der Waals surface area contributed by atoms with Crippen molar-refractivity contribution in [3.05, 3.63) is 96.1 Å². The Morgan fingerprint density at radius 1 is 0.865 bits per heavy atom. The van der Waals surface area contributed by atoms with Crippen LogP contribution in [0, 0.1) is 0 Å². The molecule has 1 fully saturated rings. The van der Waals surface area contributed by atoms with Gasteiger partial charge in [-0.05, 0) is 25.1 Å². The minimum absolute atomic E-state index is 0.0167. The fourth-order valence-corrected chi connectivity index (χ4v) is 3.80. The highest BCUT2D eigenvalue weighted by molar-refractivity contribution is 6.27. The van der Waals surface area contributed by atoms with Gasteiger partial charge in [-0.3, -0.25) is 0 Å². The Hall–Kier alpha value is -3.92. The van der Waals surface area contributed by atoms with E-state index in [1.54, 1.807) is 7.11 Å². The van der Waals surface area contributed by atoms with E-state index >= 15 is 0 Å². The fourth-order valence-electron chi connectivity index (χ4n) is 3.80. The molecule has 0 amide bonds. The van der Waals surface area contributed by atoms with Gasteiger partial charge in [0.1, 0.15) is 6.61 Å². The van der Waals surface area contributed by atoms with Gasteiger partial charge in [0.25, 0.3) is 0 Å². The van der Waals surface area contributed by atoms with Gasteiger partial charge in [-0.25, -0.2) is 9.59 Å². The summed E-state index contributed by atoms with van der Waals surface area (Å²) in [6, 6.07) is 28.0. The molecule has 1 unspecified atom stereocenters. The summed E-state index contributed by atoms with van der Waals surface area (Å²) < 4.78 is 23.9. The number of carboxylic acids is 2. The lowest BCUT2D eigenvalue weighted by Crippen LogP contribution is -2.30. The summed E-state index contributed by atoms with van der Waals surface area (Å²) in [6.45, 7) is 2.70. The highest BCUT2D eigenvalue weighted by Crippen LogP contribution is 2.41. The molecule has 3 N–H and O–H groups in total. The average molecular weight is 510 g/mol. The van der Waals surface area contributed by atoms with Crippen LogP contribution in [0.2, 0.25) is 0 Å². The largest absolute Gasteiger partial charge is 0.493 e. The number of rotatable bonds is 10. The van der Waals surface area contributed by atoms with E-state index in [1.165, 1.54) is 0 Å². The van der Waals surface area contributed by atoms with Crippen molar-refractivity contribution in [1.82, 2.24) is 5.32 Å². The predicted octanol–water partition coefficient (Wildman–Crippen LogP) is 3.53. The van der Waals surface area contributed by atoms with Gasteiger partial charge in [-0.15, -0.1) is 0 Å². The van der Waals surface area contributed by atoms with Crippen molar-refractivity contribution in [2.45, 2.75) is 18.3 Å². The van der Waals surface area contributed by atoms with E-state index in [4.69, 9.17) is 38.7 Å². The summed E-state index contributed by atoms with van der Waals surface area (Å²) in [5, 5.41) is 18.2. The number of para-hydroxylation sites is 2. The van der Waals surface area contributed by atoms with Gasteiger partial charge in [0, 0.05) is 17.7 Å². The molecule has 1 aliphatic rings. The SMILES string of the molecule is COc1ccccc1OCCNCCC1COC(c2ccccc2)(c2ccccc2)O1.O=C(O)C(=O)O. The van der Waals surface area contributed by atoms with E-state index in [2.05, 4.69) is 29.6 Å².